The molecule has 0 bridgehead atoms. The van der Waals surface area contributed by atoms with Crippen LogP contribution in [0, 0.1) is 12.8 Å². The second kappa shape index (κ2) is 6.61. The van der Waals surface area contributed by atoms with Gasteiger partial charge >= 0.3 is 6.18 Å². The number of nitrogens with two attached hydrogens (primary N) is 1. The minimum absolute atomic E-state index is 0.153. The number of aryl methyl sites for hydroxylation is 1. The maximum Gasteiger partial charge on any atom is 0.425 e. The molecular weight excluding hydrogens is 317 g/mol. The third kappa shape index (κ3) is 4.25. The topological polar surface area (TPSA) is 106 Å². The summed E-state index contributed by atoms with van der Waals surface area (Å²) in [7, 11) is 0. The van der Waals surface area contributed by atoms with Gasteiger partial charge in [-0.05, 0) is 25.0 Å². The van der Waals surface area contributed by atoms with Crippen LogP contribution in [0.1, 0.15) is 31.8 Å². The van der Waals surface area contributed by atoms with Gasteiger partial charge in [-0.1, -0.05) is 13.8 Å². The van der Waals surface area contributed by atoms with Crippen molar-refractivity contribution in [1.82, 2.24) is 5.32 Å². The molecule has 2 atom stereocenters. The molecule has 0 aromatic carbocycles. The smallest absolute Gasteiger partial charge is 0.425 e. The monoisotopic (exact) mass is 336 g/mol. The molecular formula is C14H19F3N2O4. The number of halogens is 3. The molecule has 2 amide bonds. The van der Waals surface area contributed by atoms with Gasteiger partial charge in [-0.3, -0.25) is 9.59 Å². The molecule has 4 N–H and O–H groups in total. The van der Waals surface area contributed by atoms with Crippen LogP contribution in [0.2, 0.25) is 0 Å². The number of aliphatic hydroxyl groups is 1. The fraction of sp³-hybridized carbons (Fsp3) is 0.571. The van der Waals surface area contributed by atoms with Crippen LogP contribution in [-0.4, -0.2) is 29.1 Å². The largest absolute Gasteiger partial charge is 0.463 e. The van der Waals surface area contributed by atoms with Crippen molar-refractivity contribution in [3.05, 3.63) is 23.7 Å². The van der Waals surface area contributed by atoms with E-state index in [9.17, 15) is 27.9 Å². The van der Waals surface area contributed by atoms with Crippen LogP contribution in [0.15, 0.2) is 16.5 Å². The molecule has 130 valence electrons. The Morgan fingerprint density at radius 1 is 1.35 bits per heavy atom. The highest BCUT2D eigenvalue weighted by Crippen LogP contribution is 2.42. The number of furan rings is 1. The van der Waals surface area contributed by atoms with Crippen molar-refractivity contribution in [2.45, 2.75) is 45.0 Å². The van der Waals surface area contributed by atoms with Gasteiger partial charge in [-0.2, -0.15) is 13.2 Å². The van der Waals surface area contributed by atoms with Crippen molar-refractivity contribution in [2.75, 3.05) is 0 Å². The fourth-order valence-electron chi connectivity index (χ4n) is 2.01. The third-order valence-corrected chi connectivity index (χ3v) is 3.32. The van der Waals surface area contributed by atoms with Crippen LogP contribution in [0.4, 0.5) is 13.2 Å². The Hall–Kier alpha value is -2.03. The molecule has 0 fully saturated rings. The van der Waals surface area contributed by atoms with E-state index in [1.807, 2.05) is 0 Å². The molecule has 0 radical (unpaired) electrons. The Morgan fingerprint density at radius 3 is 2.26 bits per heavy atom. The Bertz CT molecular complexity index is 583. The first-order chi connectivity index (χ1) is 10.4. The van der Waals surface area contributed by atoms with Crippen molar-refractivity contribution in [3.8, 4) is 0 Å². The number of hydrogen-bond donors (Lipinski definition) is 3. The van der Waals surface area contributed by atoms with E-state index >= 15 is 0 Å². The van der Waals surface area contributed by atoms with E-state index in [1.165, 1.54) is 13.0 Å². The molecule has 0 spiro atoms. The molecule has 1 aromatic rings. The number of carbonyl (C=O) groups excluding carboxylic acids is 2. The van der Waals surface area contributed by atoms with Gasteiger partial charge in [0.15, 0.2) is 0 Å². The summed E-state index contributed by atoms with van der Waals surface area (Å²) in [6, 6.07) is 1.05. The molecule has 9 heteroatoms. The van der Waals surface area contributed by atoms with E-state index in [4.69, 9.17) is 10.2 Å². The van der Waals surface area contributed by atoms with Gasteiger partial charge in [-0.15, -0.1) is 0 Å². The van der Waals surface area contributed by atoms with Crippen molar-refractivity contribution in [1.29, 1.82) is 0 Å². The minimum Gasteiger partial charge on any atom is -0.463 e. The molecule has 1 heterocycles. The minimum atomic E-state index is -5.14. The normalized spacial score (nSPS) is 16.0. The number of amides is 2. The van der Waals surface area contributed by atoms with E-state index in [1.54, 1.807) is 13.8 Å². The van der Waals surface area contributed by atoms with Gasteiger partial charge in [0.05, 0.1) is 6.42 Å². The van der Waals surface area contributed by atoms with Gasteiger partial charge in [0.25, 0.3) is 0 Å². The van der Waals surface area contributed by atoms with Gasteiger partial charge in [-0.25, -0.2) is 0 Å². The molecule has 1 aromatic heterocycles. The number of nitrogens with one attached hydrogen (secondary N) is 1. The van der Waals surface area contributed by atoms with Crippen molar-refractivity contribution in [2.24, 2.45) is 11.7 Å². The number of carbonyl (C=O) groups is 2. The summed E-state index contributed by atoms with van der Waals surface area (Å²) < 4.78 is 44.5. The summed E-state index contributed by atoms with van der Waals surface area (Å²) in [4.78, 5) is 23.1. The van der Waals surface area contributed by atoms with Gasteiger partial charge in [0.1, 0.15) is 17.6 Å². The summed E-state index contributed by atoms with van der Waals surface area (Å²) in [6.07, 6.45) is -6.49. The highest BCUT2D eigenvalue weighted by molar-refractivity contribution is 5.87. The van der Waals surface area contributed by atoms with E-state index < -0.39 is 47.7 Å². The second-order valence-corrected chi connectivity index (χ2v) is 5.64. The molecule has 0 saturated carbocycles. The van der Waals surface area contributed by atoms with E-state index in [0.29, 0.717) is 0 Å². The highest BCUT2D eigenvalue weighted by Gasteiger charge is 2.58. The van der Waals surface area contributed by atoms with E-state index in [-0.39, 0.29) is 5.76 Å². The third-order valence-electron chi connectivity index (χ3n) is 3.32. The average molecular weight is 336 g/mol. The number of alkyl halides is 3. The summed E-state index contributed by atoms with van der Waals surface area (Å²) in [6.45, 7) is 4.55. The predicted molar refractivity (Wildman–Crippen MR) is 74.0 cm³/mol. The molecule has 23 heavy (non-hydrogen) atoms. The van der Waals surface area contributed by atoms with Crippen LogP contribution in [-0.2, 0) is 15.2 Å². The number of primary amides is 1. The van der Waals surface area contributed by atoms with Gasteiger partial charge in [0, 0.05) is 0 Å². The molecule has 6 nitrogen and oxygen atoms in total. The zero-order chi connectivity index (χ0) is 18.0. The Labute approximate surface area is 130 Å². The number of hydrogen-bond acceptors (Lipinski definition) is 4. The van der Waals surface area contributed by atoms with E-state index in [0.717, 1.165) is 6.07 Å². The Balaban J connectivity index is 3.03. The van der Waals surface area contributed by atoms with Crippen molar-refractivity contribution >= 4 is 11.8 Å². The van der Waals surface area contributed by atoms with Crippen LogP contribution in [0.3, 0.4) is 0 Å². The lowest BCUT2D eigenvalue weighted by Gasteiger charge is -2.29. The lowest BCUT2D eigenvalue weighted by atomic mass is 9.94. The predicted octanol–water partition coefficient (Wildman–Crippen LogP) is 1.35. The zero-order valence-corrected chi connectivity index (χ0v) is 12.9. The maximum atomic E-state index is 13.2. The van der Waals surface area contributed by atoms with Crippen LogP contribution in [0.25, 0.3) is 0 Å². The van der Waals surface area contributed by atoms with Crippen LogP contribution < -0.4 is 11.1 Å². The second-order valence-electron chi connectivity index (χ2n) is 5.64. The maximum absolute atomic E-state index is 13.2. The first-order valence-electron chi connectivity index (χ1n) is 6.83. The zero-order valence-electron chi connectivity index (χ0n) is 12.9. The van der Waals surface area contributed by atoms with Gasteiger partial charge in [0.2, 0.25) is 17.4 Å². The molecule has 0 saturated heterocycles. The van der Waals surface area contributed by atoms with E-state index in [2.05, 4.69) is 5.32 Å². The standard InChI is InChI=1S/C14H19F3N2O4/c1-7(2)11(12(18)21)19-10(20)6-13(22,14(15,16)17)9-5-4-8(3)23-9/h4-5,7,11,22H,6H2,1-3H3,(H2,18,21)(H,19,20). The van der Waals surface area contributed by atoms with Crippen molar-refractivity contribution < 1.29 is 32.3 Å². The summed E-state index contributed by atoms with van der Waals surface area (Å²) in [5, 5.41) is 12.1. The summed E-state index contributed by atoms with van der Waals surface area (Å²) in [5.41, 5.74) is 1.60. The Morgan fingerprint density at radius 2 is 1.91 bits per heavy atom. The quantitative estimate of drug-likeness (QED) is 0.729. The summed E-state index contributed by atoms with van der Waals surface area (Å²) in [5.74, 6) is -3.10. The first-order valence-corrected chi connectivity index (χ1v) is 6.83. The van der Waals surface area contributed by atoms with Crippen LogP contribution in [0.5, 0.6) is 0 Å². The molecule has 0 aliphatic heterocycles. The lowest BCUT2D eigenvalue weighted by Crippen LogP contribution is -2.51. The molecule has 0 aliphatic rings. The van der Waals surface area contributed by atoms with Gasteiger partial charge < -0.3 is 20.6 Å². The molecule has 1 rings (SSSR count). The van der Waals surface area contributed by atoms with Crippen LogP contribution >= 0.6 is 0 Å². The number of rotatable bonds is 6. The molecule has 2 unspecified atom stereocenters. The average Bonchev–Trinajstić information content (AvgIpc) is 2.80. The highest BCUT2D eigenvalue weighted by atomic mass is 19.4. The molecule has 0 aliphatic carbocycles. The fourth-order valence-corrected chi connectivity index (χ4v) is 2.01. The lowest BCUT2D eigenvalue weighted by molar-refractivity contribution is -0.273. The SMILES string of the molecule is Cc1ccc(C(O)(CC(=O)NC(C(N)=O)C(C)C)C(F)(F)F)o1. The first kappa shape index (κ1) is 19.0. The Kier molecular flexibility index (Phi) is 5.47. The van der Waals surface area contributed by atoms with Crippen molar-refractivity contribution in [3.63, 3.8) is 0 Å². The summed E-state index contributed by atoms with van der Waals surface area (Å²) >= 11 is 0.